The number of aryl methyl sites for hydroxylation is 1. The molecule has 90 valence electrons. The Kier molecular flexibility index (Phi) is 3.01. The second kappa shape index (κ2) is 4.33. The maximum absolute atomic E-state index is 11.2. The van der Waals surface area contributed by atoms with Gasteiger partial charge >= 0.3 is 5.97 Å². The highest BCUT2D eigenvalue weighted by Crippen LogP contribution is 2.23. The Balaban J connectivity index is 2.58. The minimum atomic E-state index is -0.434. The van der Waals surface area contributed by atoms with Crippen molar-refractivity contribution >= 4 is 27.5 Å². The van der Waals surface area contributed by atoms with Gasteiger partial charge in [0.2, 0.25) is 5.88 Å². The van der Waals surface area contributed by atoms with E-state index in [2.05, 4.69) is 30.7 Å². The van der Waals surface area contributed by atoms with Crippen LogP contribution in [-0.2, 0) is 16.0 Å². The molecule has 2 aromatic heterocycles. The number of carbonyl (C=O) groups excluding carboxylic acids is 1. The Hall–Kier alpha value is -1.63. The van der Waals surface area contributed by atoms with E-state index < -0.39 is 5.97 Å². The number of fused-ring (bicyclic) bond motifs is 1. The molecule has 0 fully saturated rings. The van der Waals surface area contributed by atoms with Gasteiger partial charge in [0.15, 0.2) is 5.65 Å². The number of aromatic hydroxyl groups is 1. The van der Waals surface area contributed by atoms with Crippen molar-refractivity contribution in [2.45, 2.75) is 13.3 Å². The van der Waals surface area contributed by atoms with Gasteiger partial charge in [-0.15, -0.1) is 0 Å². The normalized spacial score (nSPS) is 10.8. The minimum absolute atomic E-state index is 0.0331. The summed E-state index contributed by atoms with van der Waals surface area (Å²) in [5.74, 6) is -0.528. The van der Waals surface area contributed by atoms with Crippen molar-refractivity contribution in [3.05, 3.63) is 21.9 Å². The summed E-state index contributed by atoms with van der Waals surface area (Å²) >= 11 is 3.20. The van der Waals surface area contributed by atoms with Gasteiger partial charge < -0.3 is 9.84 Å². The van der Waals surface area contributed by atoms with E-state index in [1.165, 1.54) is 11.6 Å². The third-order valence-corrected chi connectivity index (χ3v) is 2.79. The molecule has 2 heterocycles. The average molecular weight is 300 g/mol. The van der Waals surface area contributed by atoms with Gasteiger partial charge in [0.1, 0.15) is 4.60 Å². The lowest BCUT2D eigenvalue weighted by Gasteiger charge is -2.07. The fraction of sp³-hybridized carbons (Fsp3) is 0.300. The number of methoxy groups -OCH3 is 1. The van der Waals surface area contributed by atoms with Crippen molar-refractivity contribution < 1.29 is 14.6 Å². The number of esters is 1. The lowest BCUT2D eigenvalue weighted by Crippen LogP contribution is -2.09. The molecule has 0 unspecified atom stereocenters. The predicted molar refractivity (Wildman–Crippen MR) is 62.8 cm³/mol. The molecule has 1 N–H and O–H groups in total. The van der Waals surface area contributed by atoms with Gasteiger partial charge in [-0.05, 0) is 22.9 Å². The van der Waals surface area contributed by atoms with Crippen LogP contribution in [0.3, 0.4) is 0 Å². The summed E-state index contributed by atoms with van der Waals surface area (Å²) in [5, 5.41) is 14.0. The zero-order valence-electron chi connectivity index (χ0n) is 9.27. The molecule has 0 radical (unpaired) electrons. The largest absolute Gasteiger partial charge is 0.493 e. The molecule has 2 rings (SSSR count). The molecule has 0 aromatic carbocycles. The Morgan fingerprint density at radius 1 is 1.65 bits per heavy atom. The summed E-state index contributed by atoms with van der Waals surface area (Å²) in [7, 11) is 1.30. The van der Waals surface area contributed by atoms with Crippen molar-refractivity contribution in [3.63, 3.8) is 0 Å². The van der Waals surface area contributed by atoms with E-state index in [4.69, 9.17) is 0 Å². The second-order valence-electron chi connectivity index (χ2n) is 3.49. The van der Waals surface area contributed by atoms with Crippen LogP contribution >= 0.6 is 15.9 Å². The van der Waals surface area contributed by atoms with Crippen LogP contribution in [0.2, 0.25) is 0 Å². The number of aromatic nitrogens is 3. The van der Waals surface area contributed by atoms with E-state index in [9.17, 15) is 9.90 Å². The molecule has 0 atom stereocenters. The maximum Gasteiger partial charge on any atom is 0.310 e. The van der Waals surface area contributed by atoms with E-state index >= 15 is 0 Å². The molecule has 0 saturated carbocycles. The molecular weight excluding hydrogens is 290 g/mol. The molecule has 0 spiro atoms. The fourth-order valence-electron chi connectivity index (χ4n) is 1.53. The van der Waals surface area contributed by atoms with Crippen LogP contribution < -0.4 is 0 Å². The summed E-state index contributed by atoms with van der Waals surface area (Å²) in [5.41, 5.74) is 1.51. The summed E-state index contributed by atoms with van der Waals surface area (Å²) in [6, 6.07) is 1.68. The standard InChI is InChI=1S/C10H10BrN3O3/c1-5-6(3-9(15)17-2)10(16)14-8(12-5)4-7(11)13-14/h4,16H,3H2,1-2H3. The van der Waals surface area contributed by atoms with Crippen molar-refractivity contribution in [1.29, 1.82) is 0 Å². The summed E-state index contributed by atoms with van der Waals surface area (Å²) in [6.07, 6.45) is -0.0331. The first-order chi connectivity index (χ1) is 8.02. The number of hydrogen-bond acceptors (Lipinski definition) is 5. The summed E-state index contributed by atoms with van der Waals surface area (Å²) in [6.45, 7) is 1.72. The number of ether oxygens (including phenoxy) is 1. The first-order valence-corrected chi connectivity index (χ1v) is 5.62. The fourth-order valence-corrected chi connectivity index (χ4v) is 1.89. The second-order valence-corrected chi connectivity index (χ2v) is 4.30. The Labute approximate surface area is 105 Å². The highest BCUT2D eigenvalue weighted by molar-refractivity contribution is 9.10. The van der Waals surface area contributed by atoms with Crippen LogP contribution in [0.15, 0.2) is 10.7 Å². The smallest absolute Gasteiger partial charge is 0.310 e. The van der Waals surface area contributed by atoms with Crippen LogP contribution in [-0.4, -0.2) is 32.8 Å². The first kappa shape index (κ1) is 11.8. The van der Waals surface area contributed by atoms with Crippen LogP contribution in [0, 0.1) is 6.92 Å². The van der Waals surface area contributed by atoms with Gasteiger partial charge in [-0.3, -0.25) is 4.79 Å². The predicted octanol–water partition coefficient (Wildman–Crippen LogP) is 1.22. The van der Waals surface area contributed by atoms with Gasteiger partial charge in [-0.2, -0.15) is 9.61 Å². The summed E-state index contributed by atoms with van der Waals surface area (Å²) in [4.78, 5) is 15.5. The highest BCUT2D eigenvalue weighted by atomic mass is 79.9. The van der Waals surface area contributed by atoms with Gasteiger partial charge in [-0.1, -0.05) is 0 Å². The Morgan fingerprint density at radius 3 is 3.00 bits per heavy atom. The molecule has 0 saturated heterocycles. The monoisotopic (exact) mass is 299 g/mol. The van der Waals surface area contributed by atoms with Gasteiger partial charge in [-0.25, -0.2) is 4.98 Å². The number of carbonyl (C=O) groups is 1. The number of nitrogens with zero attached hydrogens (tertiary/aromatic N) is 3. The average Bonchev–Trinajstić information content (AvgIpc) is 2.64. The van der Waals surface area contributed by atoms with Gasteiger partial charge in [0.25, 0.3) is 0 Å². The van der Waals surface area contributed by atoms with E-state index in [1.54, 1.807) is 13.0 Å². The van der Waals surface area contributed by atoms with Crippen LogP contribution in [0.5, 0.6) is 5.88 Å². The van der Waals surface area contributed by atoms with Gasteiger partial charge in [0, 0.05) is 17.3 Å². The maximum atomic E-state index is 11.2. The molecule has 0 amide bonds. The van der Waals surface area contributed by atoms with Gasteiger partial charge in [0.05, 0.1) is 13.5 Å². The number of halogens is 1. The summed E-state index contributed by atoms with van der Waals surface area (Å²) < 4.78 is 6.40. The number of rotatable bonds is 2. The van der Waals surface area contributed by atoms with Crippen molar-refractivity contribution in [3.8, 4) is 5.88 Å². The number of hydrogen-bond donors (Lipinski definition) is 1. The molecule has 0 aliphatic carbocycles. The van der Waals surface area contributed by atoms with Crippen LogP contribution in [0.1, 0.15) is 11.3 Å². The quantitative estimate of drug-likeness (QED) is 0.844. The van der Waals surface area contributed by atoms with E-state index in [-0.39, 0.29) is 12.3 Å². The molecule has 0 aliphatic rings. The van der Waals surface area contributed by atoms with Crippen LogP contribution in [0.25, 0.3) is 5.65 Å². The SMILES string of the molecule is COC(=O)Cc1c(C)nc2cc(Br)nn2c1O. The lowest BCUT2D eigenvalue weighted by atomic mass is 10.1. The molecule has 0 bridgehead atoms. The minimum Gasteiger partial charge on any atom is -0.493 e. The van der Waals surface area contributed by atoms with E-state index in [0.29, 0.717) is 21.5 Å². The Bertz CT molecular complexity index is 594. The zero-order chi connectivity index (χ0) is 12.6. The Morgan fingerprint density at radius 2 is 2.35 bits per heavy atom. The van der Waals surface area contributed by atoms with Crippen LogP contribution in [0.4, 0.5) is 0 Å². The molecule has 0 aliphatic heterocycles. The topological polar surface area (TPSA) is 76.7 Å². The molecular formula is C10H10BrN3O3. The molecule has 2 aromatic rings. The van der Waals surface area contributed by atoms with Crippen molar-refractivity contribution in [2.24, 2.45) is 0 Å². The molecule has 6 nitrogen and oxygen atoms in total. The molecule has 17 heavy (non-hydrogen) atoms. The zero-order valence-corrected chi connectivity index (χ0v) is 10.9. The highest BCUT2D eigenvalue weighted by Gasteiger charge is 2.16. The third kappa shape index (κ3) is 2.10. The van der Waals surface area contributed by atoms with E-state index in [1.807, 2.05) is 0 Å². The third-order valence-electron chi connectivity index (χ3n) is 2.40. The first-order valence-electron chi connectivity index (χ1n) is 4.83. The lowest BCUT2D eigenvalue weighted by molar-refractivity contribution is -0.139. The van der Waals surface area contributed by atoms with Crippen molar-refractivity contribution in [2.75, 3.05) is 7.11 Å². The molecule has 7 heteroatoms. The van der Waals surface area contributed by atoms with Crippen molar-refractivity contribution in [1.82, 2.24) is 14.6 Å². The van der Waals surface area contributed by atoms with E-state index in [0.717, 1.165) is 0 Å².